The molecular weight excluding hydrogens is 418 g/mol. The molecule has 0 aliphatic carbocycles. The summed E-state index contributed by atoms with van der Waals surface area (Å²) in [4.78, 5) is 10.3. The number of fused-ring (bicyclic) bond motifs is 1. The van der Waals surface area contributed by atoms with Crippen molar-refractivity contribution in [2.75, 3.05) is 62.2 Å². The summed E-state index contributed by atoms with van der Waals surface area (Å²) in [6, 6.07) is 18.3. The minimum Gasteiger partial charge on any atom is -0.370 e. The average Bonchev–Trinajstić information content (AvgIpc) is 3.31. The molecule has 4 heterocycles. The second-order valence-corrected chi connectivity index (χ2v) is 10.5. The Morgan fingerprint density at radius 3 is 2.50 bits per heavy atom. The number of anilines is 2. The third-order valence-electron chi connectivity index (χ3n) is 8.25. The molecule has 6 rings (SSSR count). The topological polar surface area (TPSA) is 43.4 Å². The van der Waals surface area contributed by atoms with Gasteiger partial charge in [0.05, 0.1) is 11.2 Å². The highest BCUT2D eigenvalue weighted by atomic mass is 15.2. The van der Waals surface area contributed by atoms with Gasteiger partial charge in [-0.05, 0) is 62.1 Å². The van der Waals surface area contributed by atoms with Gasteiger partial charge >= 0.3 is 0 Å². The number of pyridine rings is 1. The van der Waals surface area contributed by atoms with Gasteiger partial charge in [0.1, 0.15) is 0 Å². The van der Waals surface area contributed by atoms with Gasteiger partial charge in [0.15, 0.2) is 0 Å². The molecule has 1 atom stereocenters. The standard InChI is InChI=1S/C29H37N5/c1-2-22-4-9-25-27(18-22)32-26(23-5-7-24(8-6-23)33-16-13-30-14-17-33)19-28(25)34-15-11-29(21-34)10-3-12-31-20-29/h4-9,18-19,30-31H,2-3,10-17,20-21H2,1H3. The van der Waals surface area contributed by atoms with Crippen LogP contribution in [0.5, 0.6) is 0 Å². The van der Waals surface area contributed by atoms with E-state index in [1.54, 1.807) is 0 Å². The van der Waals surface area contributed by atoms with E-state index in [0.29, 0.717) is 5.41 Å². The molecule has 34 heavy (non-hydrogen) atoms. The molecule has 0 radical (unpaired) electrons. The predicted octanol–water partition coefficient (Wildman–Crippen LogP) is 4.45. The predicted molar refractivity (Wildman–Crippen MR) is 143 cm³/mol. The quantitative estimate of drug-likeness (QED) is 0.608. The molecule has 3 aromatic rings. The van der Waals surface area contributed by atoms with Crippen LogP contribution in [0.2, 0.25) is 0 Å². The molecule has 3 aliphatic rings. The van der Waals surface area contributed by atoms with Crippen LogP contribution in [0.15, 0.2) is 48.5 Å². The first-order valence-corrected chi connectivity index (χ1v) is 13.2. The largest absolute Gasteiger partial charge is 0.370 e. The second-order valence-electron chi connectivity index (χ2n) is 10.5. The number of piperazine rings is 1. The van der Waals surface area contributed by atoms with E-state index in [-0.39, 0.29) is 0 Å². The SMILES string of the molecule is CCc1ccc2c(N3CCC4(CCCNC4)C3)cc(-c3ccc(N4CCNCC4)cc3)nc2c1. The second kappa shape index (κ2) is 9.20. The first-order valence-electron chi connectivity index (χ1n) is 13.2. The fourth-order valence-corrected chi connectivity index (χ4v) is 6.17. The highest BCUT2D eigenvalue weighted by molar-refractivity contribution is 5.95. The Bertz CT molecular complexity index is 1140. The lowest BCUT2D eigenvalue weighted by Crippen LogP contribution is -2.43. The van der Waals surface area contributed by atoms with E-state index >= 15 is 0 Å². The summed E-state index contributed by atoms with van der Waals surface area (Å²) in [7, 11) is 0. The van der Waals surface area contributed by atoms with Crippen LogP contribution >= 0.6 is 0 Å². The maximum absolute atomic E-state index is 5.17. The van der Waals surface area contributed by atoms with Crippen LogP contribution in [0.4, 0.5) is 11.4 Å². The van der Waals surface area contributed by atoms with Crippen molar-refractivity contribution in [3.8, 4) is 11.3 Å². The molecule has 1 aromatic heterocycles. The van der Waals surface area contributed by atoms with Crippen LogP contribution < -0.4 is 20.4 Å². The van der Waals surface area contributed by atoms with Crippen molar-refractivity contribution in [2.45, 2.75) is 32.6 Å². The van der Waals surface area contributed by atoms with E-state index in [2.05, 4.69) is 75.9 Å². The van der Waals surface area contributed by atoms with E-state index in [1.807, 2.05) is 0 Å². The fraction of sp³-hybridized carbons (Fsp3) is 0.483. The van der Waals surface area contributed by atoms with Crippen molar-refractivity contribution in [1.29, 1.82) is 0 Å². The van der Waals surface area contributed by atoms with E-state index in [1.165, 1.54) is 53.7 Å². The number of hydrogen-bond donors (Lipinski definition) is 2. The molecule has 0 saturated carbocycles. The normalized spacial score (nSPS) is 23.2. The Hall–Kier alpha value is -2.63. The maximum Gasteiger partial charge on any atom is 0.0733 e. The Labute approximate surface area is 203 Å². The Morgan fingerprint density at radius 1 is 0.882 bits per heavy atom. The molecule has 0 amide bonds. The molecule has 1 spiro atoms. The van der Waals surface area contributed by atoms with Gasteiger partial charge in [-0.2, -0.15) is 0 Å². The number of aryl methyl sites for hydroxylation is 1. The maximum atomic E-state index is 5.17. The van der Waals surface area contributed by atoms with Crippen molar-refractivity contribution in [3.05, 3.63) is 54.1 Å². The summed E-state index contributed by atoms with van der Waals surface area (Å²) in [6.45, 7) is 11.1. The van der Waals surface area contributed by atoms with Crippen LogP contribution in [0.3, 0.4) is 0 Å². The van der Waals surface area contributed by atoms with Gasteiger partial charge in [-0.15, -0.1) is 0 Å². The van der Waals surface area contributed by atoms with Gasteiger partial charge < -0.3 is 20.4 Å². The third kappa shape index (κ3) is 4.16. The number of piperidine rings is 1. The Morgan fingerprint density at radius 2 is 1.74 bits per heavy atom. The van der Waals surface area contributed by atoms with Crippen LogP contribution in [0.25, 0.3) is 22.2 Å². The molecular formula is C29H37N5. The lowest BCUT2D eigenvalue weighted by molar-refractivity contribution is 0.239. The minimum atomic E-state index is 0.433. The first-order chi connectivity index (χ1) is 16.7. The number of hydrogen-bond acceptors (Lipinski definition) is 5. The van der Waals surface area contributed by atoms with Gasteiger partial charge in [-0.3, -0.25) is 0 Å². The van der Waals surface area contributed by atoms with Gasteiger partial charge in [0, 0.05) is 73.6 Å². The average molecular weight is 456 g/mol. The van der Waals surface area contributed by atoms with Gasteiger partial charge in [-0.25, -0.2) is 4.98 Å². The van der Waals surface area contributed by atoms with Crippen molar-refractivity contribution >= 4 is 22.3 Å². The Balaban J connectivity index is 1.37. The van der Waals surface area contributed by atoms with Crippen LogP contribution in [0.1, 0.15) is 31.7 Å². The minimum absolute atomic E-state index is 0.433. The van der Waals surface area contributed by atoms with Crippen molar-refractivity contribution < 1.29 is 0 Å². The zero-order valence-electron chi connectivity index (χ0n) is 20.4. The molecule has 178 valence electrons. The number of nitrogens with zero attached hydrogens (tertiary/aromatic N) is 3. The molecule has 2 aromatic carbocycles. The number of aromatic nitrogens is 1. The summed E-state index contributed by atoms with van der Waals surface area (Å²) in [5.74, 6) is 0. The van der Waals surface area contributed by atoms with E-state index in [0.717, 1.165) is 63.4 Å². The van der Waals surface area contributed by atoms with Crippen LogP contribution in [-0.2, 0) is 6.42 Å². The number of rotatable bonds is 4. The summed E-state index contributed by atoms with van der Waals surface area (Å²) in [5, 5.41) is 8.40. The third-order valence-corrected chi connectivity index (χ3v) is 8.25. The summed E-state index contributed by atoms with van der Waals surface area (Å²) in [5.41, 5.74) is 7.87. The molecule has 5 nitrogen and oxygen atoms in total. The summed E-state index contributed by atoms with van der Waals surface area (Å²) >= 11 is 0. The highest BCUT2D eigenvalue weighted by Crippen LogP contribution is 2.41. The fourth-order valence-electron chi connectivity index (χ4n) is 6.17. The molecule has 0 bridgehead atoms. The highest BCUT2D eigenvalue weighted by Gasteiger charge is 2.39. The van der Waals surface area contributed by atoms with Gasteiger partial charge in [0.2, 0.25) is 0 Å². The number of benzene rings is 2. The molecule has 5 heteroatoms. The van der Waals surface area contributed by atoms with E-state index in [9.17, 15) is 0 Å². The summed E-state index contributed by atoms with van der Waals surface area (Å²) in [6.07, 6.45) is 4.97. The molecule has 3 saturated heterocycles. The molecule has 3 aliphatic heterocycles. The number of nitrogens with one attached hydrogen (secondary N) is 2. The van der Waals surface area contributed by atoms with Crippen LogP contribution in [0, 0.1) is 5.41 Å². The first kappa shape index (κ1) is 21.9. The molecule has 3 fully saturated rings. The van der Waals surface area contributed by atoms with Crippen molar-refractivity contribution in [3.63, 3.8) is 0 Å². The van der Waals surface area contributed by atoms with Crippen molar-refractivity contribution in [2.24, 2.45) is 5.41 Å². The zero-order valence-corrected chi connectivity index (χ0v) is 20.4. The Kier molecular flexibility index (Phi) is 5.92. The monoisotopic (exact) mass is 455 g/mol. The lowest BCUT2D eigenvalue weighted by atomic mass is 9.80. The van der Waals surface area contributed by atoms with Gasteiger partial charge in [-0.1, -0.05) is 31.2 Å². The van der Waals surface area contributed by atoms with Crippen molar-refractivity contribution in [1.82, 2.24) is 15.6 Å². The van der Waals surface area contributed by atoms with E-state index < -0.39 is 0 Å². The lowest BCUT2D eigenvalue weighted by Gasteiger charge is -2.34. The zero-order chi connectivity index (χ0) is 23.0. The smallest absolute Gasteiger partial charge is 0.0733 e. The summed E-state index contributed by atoms with van der Waals surface area (Å²) < 4.78 is 0. The van der Waals surface area contributed by atoms with Gasteiger partial charge in [0.25, 0.3) is 0 Å². The molecule has 2 N–H and O–H groups in total. The van der Waals surface area contributed by atoms with E-state index in [4.69, 9.17) is 4.98 Å². The van der Waals surface area contributed by atoms with Crippen LogP contribution in [-0.4, -0.2) is 57.3 Å². The molecule has 1 unspecified atom stereocenters.